The van der Waals surface area contributed by atoms with Crippen molar-refractivity contribution in [3.63, 3.8) is 0 Å². The summed E-state index contributed by atoms with van der Waals surface area (Å²) in [6.45, 7) is 6.11. The number of aromatic nitrogens is 2. The molecule has 5 heteroatoms. The van der Waals surface area contributed by atoms with Gasteiger partial charge in [0, 0.05) is 11.3 Å². The molecule has 1 heterocycles. The molecule has 3 N–H and O–H groups in total. The van der Waals surface area contributed by atoms with Crippen LogP contribution in [-0.4, -0.2) is 15.7 Å². The van der Waals surface area contributed by atoms with Crippen LogP contribution in [-0.2, 0) is 5.75 Å². The number of nitrogen functional groups attached to an aromatic ring is 1. The van der Waals surface area contributed by atoms with Crippen LogP contribution in [0.4, 0.5) is 5.82 Å². The molecule has 0 aliphatic carbocycles. The Morgan fingerprint density at radius 2 is 2.07 bits per heavy atom. The van der Waals surface area contributed by atoms with Crippen molar-refractivity contribution >= 4 is 17.6 Å². The maximum Gasteiger partial charge on any atom is 0.146 e. The number of nitrogens with zero attached hydrogens (tertiary/aromatic N) is 2. The Balaban J connectivity index is 2.77. The molecule has 0 amide bonds. The Kier molecular flexibility index (Phi) is 4.84. The Morgan fingerprint density at radius 1 is 1.33 bits per heavy atom. The summed E-state index contributed by atoms with van der Waals surface area (Å²) < 4.78 is 0. The lowest BCUT2D eigenvalue weighted by Gasteiger charge is -2.08. The summed E-state index contributed by atoms with van der Waals surface area (Å²) in [5, 5.41) is 0. The molecule has 0 fully saturated rings. The number of aryl methyl sites for hydroxylation is 1. The molecule has 0 spiro atoms. The predicted molar refractivity (Wildman–Crippen MR) is 65.8 cm³/mol. The molecule has 15 heavy (non-hydrogen) atoms. The average Bonchev–Trinajstić information content (AvgIpc) is 2.23. The highest BCUT2D eigenvalue weighted by atomic mass is 32.2. The normalized spacial score (nSPS) is 10.4. The van der Waals surface area contributed by atoms with Crippen molar-refractivity contribution in [2.75, 3.05) is 11.2 Å². The van der Waals surface area contributed by atoms with E-state index in [0.717, 1.165) is 34.4 Å². The van der Waals surface area contributed by atoms with Crippen molar-refractivity contribution in [2.45, 2.75) is 32.9 Å². The van der Waals surface area contributed by atoms with E-state index in [2.05, 4.69) is 22.3 Å². The predicted octanol–water partition coefficient (Wildman–Crippen LogP) is 2.02. The lowest BCUT2D eigenvalue weighted by Crippen LogP contribution is -2.13. The Morgan fingerprint density at radius 3 is 2.67 bits per heavy atom. The zero-order valence-electron chi connectivity index (χ0n) is 9.50. The van der Waals surface area contributed by atoms with Gasteiger partial charge in [-0.3, -0.25) is 0 Å². The topological polar surface area (TPSA) is 63.8 Å². The lowest BCUT2D eigenvalue weighted by atomic mass is 10.2. The zero-order chi connectivity index (χ0) is 11.3. The lowest BCUT2D eigenvalue weighted by molar-refractivity contribution is 0.966. The molecule has 0 saturated heterocycles. The standard InChI is InChI=1S/C10H18N4S/c1-4-5-15-6-9-12-8(3)7(2)10(13-9)14-11/h4-6,11H2,1-3H3,(H,12,13,14). The van der Waals surface area contributed by atoms with Crippen LogP contribution in [0.3, 0.4) is 0 Å². The zero-order valence-corrected chi connectivity index (χ0v) is 10.3. The van der Waals surface area contributed by atoms with E-state index < -0.39 is 0 Å². The van der Waals surface area contributed by atoms with Crippen LogP contribution < -0.4 is 11.3 Å². The molecule has 0 aromatic carbocycles. The molecule has 0 saturated carbocycles. The van der Waals surface area contributed by atoms with Crippen molar-refractivity contribution in [1.29, 1.82) is 0 Å². The summed E-state index contributed by atoms with van der Waals surface area (Å²) in [7, 11) is 0. The highest BCUT2D eigenvalue weighted by Gasteiger charge is 2.06. The molecular formula is C10H18N4S. The van der Waals surface area contributed by atoms with Crippen molar-refractivity contribution in [1.82, 2.24) is 9.97 Å². The molecule has 1 aromatic rings. The quantitative estimate of drug-likeness (QED) is 0.457. The van der Waals surface area contributed by atoms with E-state index in [1.54, 1.807) is 0 Å². The molecule has 84 valence electrons. The van der Waals surface area contributed by atoms with Crippen LogP contribution in [0.1, 0.15) is 30.4 Å². The molecule has 0 aliphatic rings. The largest absolute Gasteiger partial charge is 0.308 e. The molecule has 0 aliphatic heterocycles. The van der Waals surface area contributed by atoms with Gasteiger partial charge in [0.25, 0.3) is 0 Å². The van der Waals surface area contributed by atoms with Gasteiger partial charge >= 0.3 is 0 Å². The Bertz CT molecular complexity index is 327. The highest BCUT2D eigenvalue weighted by Crippen LogP contribution is 2.16. The second kappa shape index (κ2) is 5.92. The van der Waals surface area contributed by atoms with E-state index in [0.29, 0.717) is 0 Å². The van der Waals surface area contributed by atoms with E-state index in [4.69, 9.17) is 5.84 Å². The first-order chi connectivity index (χ1) is 7.19. The minimum absolute atomic E-state index is 0.731. The number of rotatable bonds is 5. The van der Waals surface area contributed by atoms with Gasteiger partial charge in [0.15, 0.2) is 0 Å². The number of thioether (sulfide) groups is 1. The number of hydrazine groups is 1. The molecule has 0 atom stereocenters. The monoisotopic (exact) mass is 226 g/mol. The van der Waals surface area contributed by atoms with Gasteiger partial charge in [-0.05, 0) is 26.0 Å². The SMILES string of the molecule is CCCSCc1nc(C)c(C)c(NN)n1. The van der Waals surface area contributed by atoms with Crippen LogP contribution in [0.15, 0.2) is 0 Å². The fourth-order valence-corrected chi connectivity index (χ4v) is 1.94. The van der Waals surface area contributed by atoms with E-state index in [9.17, 15) is 0 Å². The highest BCUT2D eigenvalue weighted by molar-refractivity contribution is 7.98. The number of hydrogen-bond acceptors (Lipinski definition) is 5. The summed E-state index contributed by atoms with van der Waals surface area (Å²) in [4.78, 5) is 8.78. The summed E-state index contributed by atoms with van der Waals surface area (Å²) in [6, 6.07) is 0. The minimum Gasteiger partial charge on any atom is -0.308 e. The minimum atomic E-state index is 0.731. The van der Waals surface area contributed by atoms with Crippen LogP contribution in [0, 0.1) is 13.8 Å². The van der Waals surface area contributed by atoms with Gasteiger partial charge in [-0.2, -0.15) is 11.8 Å². The molecule has 1 aromatic heterocycles. The van der Waals surface area contributed by atoms with Crippen LogP contribution in [0.2, 0.25) is 0 Å². The molecule has 0 radical (unpaired) electrons. The molecule has 0 unspecified atom stereocenters. The third-order valence-corrected chi connectivity index (χ3v) is 3.31. The van der Waals surface area contributed by atoms with E-state index >= 15 is 0 Å². The van der Waals surface area contributed by atoms with Crippen molar-refractivity contribution in [2.24, 2.45) is 5.84 Å². The summed E-state index contributed by atoms with van der Waals surface area (Å²) >= 11 is 1.85. The van der Waals surface area contributed by atoms with Gasteiger partial charge in [0.1, 0.15) is 11.6 Å². The van der Waals surface area contributed by atoms with Gasteiger partial charge in [-0.25, -0.2) is 15.8 Å². The number of nitrogens with two attached hydrogens (primary N) is 1. The van der Waals surface area contributed by atoms with Crippen molar-refractivity contribution in [3.8, 4) is 0 Å². The van der Waals surface area contributed by atoms with Crippen LogP contribution >= 0.6 is 11.8 Å². The number of nitrogens with one attached hydrogen (secondary N) is 1. The smallest absolute Gasteiger partial charge is 0.146 e. The number of anilines is 1. The van der Waals surface area contributed by atoms with Gasteiger partial charge in [0.2, 0.25) is 0 Å². The first-order valence-electron chi connectivity index (χ1n) is 5.07. The first kappa shape index (κ1) is 12.3. The number of hydrogen-bond donors (Lipinski definition) is 2. The third kappa shape index (κ3) is 3.35. The molecule has 0 bridgehead atoms. The Hall–Kier alpha value is -0.810. The van der Waals surface area contributed by atoms with Crippen LogP contribution in [0.5, 0.6) is 0 Å². The molecular weight excluding hydrogens is 208 g/mol. The van der Waals surface area contributed by atoms with Gasteiger partial charge in [0.05, 0.1) is 5.75 Å². The van der Waals surface area contributed by atoms with E-state index in [-0.39, 0.29) is 0 Å². The summed E-state index contributed by atoms with van der Waals surface area (Å²) in [5.41, 5.74) is 4.61. The Labute approximate surface area is 95.0 Å². The maximum atomic E-state index is 5.40. The van der Waals surface area contributed by atoms with E-state index in [1.807, 2.05) is 25.6 Å². The van der Waals surface area contributed by atoms with Gasteiger partial charge in [-0.15, -0.1) is 0 Å². The fourth-order valence-electron chi connectivity index (χ4n) is 1.20. The van der Waals surface area contributed by atoms with E-state index in [1.165, 1.54) is 6.42 Å². The average molecular weight is 226 g/mol. The van der Waals surface area contributed by atoms with Crippen molar-refractivity contribution in [3.05, 3.63) is 17.1 Å². The molecule has 1 rings (SSSR count). The second-order valence-electron chi connectivity index (χ2n) is 3.40. The first-order valence-corrected chi connectivity index (χ1v) is 6.23. The summed E-state index contributed by atoms with van der Waals surface area (Å²) in [6.07, 6.45) is 1.18. The van der Waals surface area contributed by atoms with Gasteiger partial charge < -0.3 is 5.43 Å². The van der Waals surface area contributed by atoms with Crippen molar-refractivity contribution < 1.29 is 0 Å². The van der Waals surface area contributed by atoms with Gasteiger partial charge in [-0.1, -0.05) is 6.92 Å². The van der Waals surface area contributed by atoms with Crippen LogP contribution in [0.25, 0.3) is 0 Å². The maximum absolute atomic E-state index is 5.40. The summed E-state index contributed by atoms with van der Waals surface area (Å²) in [5.74, 6) is 8.97. The molecule has 4 nitrogen and oxygen atoms in total. The fraction of sp³-hybridized carbons (Fsp3) is 0.600. The second-order valence-corrected chi connectivity index (χ2v) is 4.50. The third-order valence-electron chi connectivity index (χ3n) is 2.15.